The lowest BCUT2D eigenvalue weighted by molar-refractivity contribution is 0.284. The highest BCUT2D eigenvalue weighted by Gasteiger charge is 2.08. The Labute approximate surface area is 106 Å². The monoisotopic (exact) mass is 241 g/mol. The summed E-state index contributed by atoms with van der Waals surface area (Å²) in [4.78, 5) is 0. The minimum absolute atomic E-state index is 0.168. The number of hydrogen-bond donors (Lipinski definition) is 1. The van der Waals surface area contributed by atoms with Gasteiger partial charge in [0.1, 0.15) is 11.5 Å². The van der Waals surface area contributed by atoms with E-state index >= 15 is 0 Å². The predicted octanol–water partition coefficient (Wildman–Crippen LogP) is 2.94. The average Bonchev–Trinajstić information content (AvgIpc) is 2.86. The van der Waals surface area contributed by atoms with Gasteiger partial charge in [-0.3, -0.25) is 0 Å². The van der Waals surface area contributed by atoms with Crippen LogP contribution in [0.5, 0.6) is 0 Å². The van der Waals surface area contributed by atoms with Crippen molar-refractivity contribution in [2.75, 3.05) is 6.61 Å². The Kier molecular flexibility index (Phi) is 4.16. The Morgan fingerprint density at radius 2 is 2.00 bits per heavy atom. The van der Waals surface area contributed by atoms with Gasteiger partial charge in [-0.05, 0) is 24.1 Å². The van der Waals surface area contributed by atoms with E-state index < -0.39 is 0 Å². The Bertz CT molecular complexity index is 552. The molecule has 0 bridgehead atoms. The fourth-order valence-corrected chi connectivity index (χ4v) is 1.91. The molecule has 0 spiro atoms. The second-order valence-corrected chi connectivity index (χ2v) is 4.09. The molecule has 0 unspecified atom stereocenters. The van der Waals surface area contributed by atoms with E-state index in [2.05, 4.69) is 6.07 Å². The van der Waals surface area contributed by atoms with Gasteiger partial charge < -0.3 is 9.52 Å². The van der Waals surface area contributed by atoms with Crippen molar-refractivity contribution < 1.29 is 9.52 Å². The van der Waals surface area contributed by atoms with Crippen LogP contribution in [-0.4, -0.2) is 11.7 Å². The smallest absolute Gasteiger partial charge is 0.134 e. The van der Waals surface area contributed by atoms with Gasteiger partial charge in [0.25, 0.3) is 0 Å². The number of nitrogens with zero attached hydrogens (tertiary/aromatic N) is 1. The minimum atomic E-state index is 0.168. The first kappa shape index (κ1) is 12.4. The number of nitriles is 1. The number of hydrogen-bond acceptors (Lipinski definition) is 3. The molecule has 1 heterocycles. The molecule has 3 nitrogen and oxygen atoms in total. The van der Waals surface area contributed by atoms with E-state index in [4.69, 9.17) is 14.8 Å². The Morgan fingerprint density at radius 3 is 2.78 bits per heavy atom. The predicted molar refractivity (Wildman–Crippen MR) is 68.9 cm³/mol. The highest BCUT2D eigenvalue weighted by atomic mass is 16.3. The molecule has 0 amide bonds. The summed E-state index contributed by atoms with van der Waals surface area (Å²) in [5, 5.41) is 17.6. The largest absolute Gasteiger partial charge is 0.461 e. The number of aryl methyl sites for hydroxylation is 1. The van der Waals surface area contributed by atoms with Gasteiger partial charge in [-0.25, -0.2) is 0 Å². The van der Waals surface area contributed by atoms with Gasteiger partial charge in [-0.2, -0.15) is 5.26 Å². The van der Waals surface area contributed by atoms with E-state index in [1.165, 1.54) is 0 Å². The molecule has 2 aromatic rings. The molecule has 0 atom stereocenters. The number of aliphatic hydroxyl groups excluding tert-OH is 1. The van der Waals surface area contributed by atoms with E-state index in [9.17, 15) is 0 Å². The third-order valence-electron chi connectivity index (χ3n) is 2.80. The maximum absolute atomic E-state index is 8.80. The zero-order valence-corrected chi connectivity index (χ0v) is 10.1. The molecule has 18 heavy (non-hydrogen) atoms. The Balaban J connectivity index is 2.26. The Morgan fingerprint density at radius 1 is 1.17 bits per heavy atom. The van der Waals surface area contributed by atoms with Gasteiger partial charge in [-0.15, -0.1) is 0 Å². The average molecular weight is 241 g/mol. The van der Waals surface area contributed by atoms with Crippen LogP contribution in [0.1, 0.15) is 17.7 Å². The minimum Gasteiger partial charge on any atom is -0.461 e. The molecule has 1 aromatic carbocycles. The van der Waals surface area contributed by atoms with Gasteiger partial charge in [0, 0.05) is 18.6 Å². The second kappa shape index (κ2) is 6.04. The van der Waals surface area contributed by atoms with Crippen molar-refractivity contribution in [2.45, 2.75) is 19.3 Å². The lowest BCUT2D eigenvalue weighted by Crippen LogP contribution is -1.87. The molecular formula is C15H15NO2. The first-order chi connectivity index (χ1) is 8.85. The number of rotatable bonds is 5. The molecular weight excluding hydrogens is 226 g/mol. The van der Waals surface area contributed by atoms with Crippen molar-refractivity contribution >= 4 is 0 Å². The van der Waals surface area contributed by atoms with Crippen LogP contribution in [0.3, 0.4) is 0 Å². The molecule has 0 aliphatic rings. The van der Waals surface area contributed by atoms with Gasteiger partial charge in [0.2, 0.25) is 0 Å². The molecule has 0 saturated carbocycles. The van der Waals surface area contributed by atoms with Crippen molar-refractivity contribution in [1.29, 1.82) is 5.26 Å². The van der Waals surface area contributed by atoms with Crippen molar-refractivity contribution in [3.63, 3.8) is 0 Å². The zero-order chi connectivity index (χ0) is 12.8. The summed E-state index contributed by atoms with van der Waals surface area (Å²) in [7, 11) is 0. The SMILES string of the molecule is N#CCc1ccccc1-c1ccc(CCCO)o1. The third-order valence-corrected chi connectivity index (χ3v) is 2.80. The summed E-state index contributed by atoms with van der Waals surface area (Å²) in [6.45, 7) is 0.168. The molecule has 0 saturated heterocycles. The molecule has 2 rings (SSSR count). The molecule has 0 radical (unpaired) electrons. The molecule has 0 aliphatic heterocycles. The molecule has 1 N–H and O–H groups in total. The van der Waals surface area contributed by atoms with Crippen LogP contribution in [0, 0.1) is 11.3 Å². The summed E-state index contributed by atoms with van der Waals surface area (Å²) < 4.78 is 5.74. The first-order valence-electron chi connectivity index (χ1n) is 6.00. The number of benzene rings is 1. The van der Waals surface area contributed by atoms with Crippen LogP contribution < -0.4 is 0 Å². The van der Waals surface area contributed by atoms with Crippen molar-refractivity contribution in [3.8, 4) is 17.4 Å². The van der Waals surface area contributed by atoms with Crippen LogP contribution in [-0.2, 0) is 12.8 Å². The third kappa shape index (κ3) is 2.79. The van der Waals surface area contributed by atoms with Crippen molar-refractivity contribution in [1.82, 2.24) is 0 Å². The fourth-order valence-electron chi connectivity index (χ4n) is 1.91. The van der Waals surface area contributed by atoms with E-state index in [1.54, 1.807) is 0 Å². The summed E-state index contributed by atoms with van der Waals surface area (Å²) in [6.07, 6.45) is 1.81. The van der Waals surface area contributed by atoms with Crippen LogP contribution in [0.25, 0.3) is 11.3 Å². The van der Waals surface area contributed by atoms with Gasteiger partial charge >= 0.3 is 0 Å². The van der Waals surface area contributed by atoms with Crippen LogP contribution >= 0.6 is 0 Å². The molecule has 0 aliphatic carbocycles. The van der Waals surface area contributed by atoms with Gasteiger partial charge in [-0.1, -0.05) is 24.3 Å². The summed E-state index contributed by atoms with van der Waals surface area (Å²) in [6, 6.07) is 13.8. The lowest BCUT2D eigenvalue weighted by Gasteiger charge is -2.03. The Hall–Kier alpha value is -2.05. The van der Waals surface area contributed by atoms with E-state index in [1.807, 2.05) is 36.4 Å². The van der Waals surface area contributed by atoms with E-state index in [0.29, 0.717) is 12.8 Å². The van der Waals surface area contributed by atoms with Crippen LogP contribution in [0.4, 0.5) is 0 Å². The summed E-state index contributed by atoms with van der Waals surface area (Å²) in [5.74, 6) is 1.65. The fraction of sp³-hybridized carbons (Fsp3) is 0.267. The quantitative estimate of drug-likeness (QED) is 0.875. The second-order valence-electron chi connectivity index (χ2n) is 4.09. The molecule has 0 fully saturated rings. The van der Waals surface area contributed by atoms with Crippen LogP contribution in [0.2, 0.25) is 0 Å². The standard InChI is InChI=1S/C15H15NO2/c16-10-9-12-4-1-2-6-14(12)15-8-7-13(18-15)5-3-11-17/h1-2,4,6-8,17H,3,5,9,11H2. The highest BCUT2D eigenvalue weighted by Crippen LogP contribution is 2.26. The topological polar surface area (TPSA) is 57.2 Å². The van der Waals surface area contributed by atoms with Crippen LogP contribution in [0.15, 0.2) is 40.8 Å². The van der Waals surface area contributed by atoms with Crippen molar-refractivity contribution in [2.24, 2.45) is 0 Å². The maximum Gasteiger partial charge on any atom is 0.134 e. The first-order valence-corrected chi connectivity index (χ1v) is 6.00. The lowest BCUT2D eigenvalue weighted by atomic mass is 10.0. The summed E-state index contributed by atoms with van der Waals surface area (Å²) >= 11 is 0. The maximum atomic E-state index is 8.80. The van der Waals surface area contributed by atoms with Gasteiger partial charge in [0.15, 0.2) is 0 Å². The summed E-state index contributed by atoms with van der Waals surface area (Å²) in [5.41, 5.74) is 1.94. The van der Waals surface area contributed by atoms with Crippen molar-refractivity contribution in [3.05, 3.63) is 47.7 Å². The van der Waals surface area contributed by atoms with E-state index in [-0.39, 0.29) is 6.61 Å². The highest BCUT2D eigenvalue weighted by molar-refractivity contribution is 5.62. The normalized spacial score (nSPS) is 10.2. The van der Waals surface area contributed by atoms with E-state index in [0.717, 1.165) is 29.1 Å². The zero-order valence-electron chi connectivity index (χ0n) is 10.1. The molecule has 1 aromatic heterocycles. The number of furan rings is 1. The number of aliphatic hydroxyl groups is 1. The molecule has 3 heteroatoms. The van der Waals surface area contributed by atoms with Gasteiger partial charge in [0.05, 0.1) is 12.5 Å². The molecule has 92 valence electrons.